The second-order valence-electron chi connectivity index (χ2n) is 9.85. The maximum atomic E-state index is 12.3. The van der Waals surface area contributed by atoms with Crippen LogP contribution in [-0.2, 0) is 9.59 Å². The normalized spacial score (nSPS) is 13.8. The molecule has 0 aromatic heterocycles. The third kappa shape index (κ3) is 11.4. The van der Waals surface area contributed by atoms with Gasteiger partial charge in [0.15, 0.2) is 0 Å². The summed E-state index contributed by atoms with van der Waals surface area (Å²) in [5.41, 5.74) is 2.02. The van der Waals surface area contributed by atoms with Crippen molar-refractivity contribution in [2.75, 3.05) is 36.4 Å². The van der Waals surface area contributed by atoms with Gasteiger partial charge in [0.25, 0.3) is 0 Å². The molecule has 1 aliphatic rings. The summed E-state index contributed by atoms with van der Waals surface area (Å²) >= 11 is 0. The molecule has 1 fully saturated rings. The van der Waals surface area contributed by atoms with E-state index in [2.05, 4.69) is 36.2 Å². The van der Waals surface area contributed by atoms with Crippen molar-refractivity contribution in [2.45, 2.75) is 110 Å². The summed E-state index contributed by atoms with van der Waals surface area (Å²) in [6, 6.07) is 8.14. The van der Waals surface area contributed by atoms with Crippen LogP contribution in [0.4, 0.5) is 11.4 Å². The highest BCUT2D eigenvalue weighted by molar-refractivity contribution is 5.90. The van der Waals surface area contributed by atoms with E-state index in [0.717, 1.165) is 63.2 Å². The lowest BCUT2D eigenvalue weighted by molar-refractivity contribution is -0.131. The predicted molar refractivity (Wildman–Crippen MR) is 144 cm³/mol. The minimum Gasteiger partial charge on any atom is -0.368 e. The number of rotatable bonds is 17. The first-order valence-electron chi connectivity index (χ1n) is 14.1. The number of carbonyl (C=O) groups excluding carboxylic acids is 2. The van der Waals surface area contributed by atoms with E-state index >= 15 is 0 Å². The Morgan fingerprint density at radius 2 is 1.21 bits per heavy atom. The monoisotopic (exact) mass is 471 g/mol. The van der Waals surface area contributed by atoms with E-state index in [9.17, 15) is 9.59 Å². The molecule has 2 amide bonds. The molecule has 0 atom stereocenters. The lowest BCUT2D eigenvalue weighted by Crippen LogP contribution is -2.48. The van der Waals surface area contributed by atoms with Crippen molar-refractivity contribution in [2.24, 2.45) is 0 Å². The lowest BCUT2D eigenvalue weighted by atomic mass is 10.1. The van der Waals surface area contributed by atoms with E-state index in [1.807, 2.05) is 17.0 Å². The van der Waals surface area contributed by atoms with Gasteiger partial charge in [0, 0.05) is 50.4 Å². The fourth-order valence-corrected chi connectivity index (χ4v) is 4.63. The van der Waals surface area contributed by atoms with Crippen molar-refractivity contribution in [3.8, 4) is 0 Å². The smallest absolute Gasteiger partial charge is 0.224 e. The number of hydrogen-bond donors (Lipinski definition) is 1. The van der Waals surface area contributed by atoms with Gasteiger partial charge in [0.05, 0.1) is 0 Å². The molecule has 1 aliphatic heterocycles. The van der Waals surface area contributed by atoms with Crippen LogP contribution < -0.4 is 10.2 Å². The predicted octanol–water partition coefficient (Wildman–Crippen LogP) is 7.17. The Bertz CT molecular complexity index is 681. The zero-order valence-electron chi connectivity index (χ0n) is 22.0. The summed E-state index contributed by atoms with van der Waals surface area (Å²) in [4.78, 5) is 28.8. The van der Waals surface area contributed by atoms with Gasteiger partial charge in [-0.25, -0.2) is 0 Å². The molecule has 5 nitrogen and oxygen atoms in total. The first-order chi connectivity index (χ1) is 16.6. The first kappa shape index (κ1) is 28.2. The SMILES string of the molecule is CCCCCCCCCCCCCC(=O)Nc1ccc(N2CCN(C(=O)CCCC)CC2)cc1. The van der Waals surface area contributed by atoms with Crippen LogP contribution in [-0.4, -0.2) is 42.9 Å². The van der Waals surface area contributed by atoms with E-state index in [1.54, 1.807) is 0 Å². The number of piperazine rings is 1. The van der Waals surface area contributed by atoms with Gasteiger partial charge in [-0.2, -0.15) is 0 Å². The Morgan fingerprint density at radius 3 is 1.76 bits per heavy atom. The van der Waals surface area contributed by atoms with Gasteiger partial charge in [-0.15, -0.1) is 0 Å². The molecule has 0 spiro atoms. The molecule has 0 unspecified atom stereocenters. The van der Waals surface area contributed by atoms with Gasteiger partial charge < -0.3 is 15.1 Å². The van der Waals surface area contributed by atoms with Crippen molar-refractivity contribution in [3.63, 3.8) is 0 Å². The average Bonchev–Trinajstić information content (AvgIpc) is 2.86. The molecule has 192 valence electrons. The number of hydrogen-bond acceptors (Lipinski definition) is 3. The minimum atomic E-state index is 0.114. The molecule has 1 N–H and O–H groups in total. The molecule has 0 radical (unpaired) electrons. The van der Waals surface area contributed by atoms with Crippen LogP contribution in [0.1, 0.15) is 110 Å². The summed E-state index contributed by atoms with van der Waals surface area (Å²) < 4.78 is 0. The lowest BCUT2D eigenvalue weighted by Gasteiger charge is -2.36. The van der Waals surface area contributed by atoms with Gasteiger partial charge >= 0.3 is 0 Å². The first-order valence-corrected chi connectivity index (χ1v) is 14.1. The molecular formula is C29H49N3O2. The van der Waals surface area contributed by atoms with Gasteiger partial charge in [-0.3, -0.25) is 9.59 Å². The second kappa shape index (κ2) is 17.4. The molecule has 5 heteroatoms. The zero-order chi connectivity index (χ0) is 24.4. The summed E-state index contributed by atoms with van der Waals surface area (Å²) in [7, 11) is 0. The van der Waals surface area contributed by atoms with Gasteiger partial charge in [0.2, 0.25) is 11.8 Å². The standard InChI is InChI=1S/C29H49N3O2/c1-3-5-7-8-9-10-11-12-13-14-15-16-28(33)30-26-18-20-27(21-19-26)31-22-24-32(25-23-31)29(34)17-6-4-2/h18-21H,3-17,22-25H2,1-2H3,(H,30,33). The maximum Gasteiger partial charge on any atom is 0.224 e. The van der Waals surface area contributed by atoms with E-state index in [-0.39, 0.29) is 11.8 Å². The fraction of sp³-hybridized carbons (Fsp3) is 0.724. The summed E-state index contributed by atoms with van der Waals surface area (Å²) in [6.07, 6.45) is 17.6. The van der Waals surface area contributed by atoms with E-state index in [4.69, 9.17) is 0 Å². The molecule has 0 bridgehead atoms. The van der Waals surface area contributed by atoms with Crippen LogP contribution in [0.5, 0.6) is 0 Å². The Kier molecular flexibility index (Phi) is 14.4. The quantitative estimate of drug-likeness (QED) is 0.245. The number of benzene rings is 1. The van der Waals surface area contributed by atoms with Crippen molar-refractivity contribution in [3.05, 3.63) is 24.3 Å². The molecule has 34 heavy (non-hydrogen) atoms. The summed E-state index contributed by atoms with van der Waals surface area (Å²) in [6.45, 7) is 7.70. The number of nitrogens with zero attached hydrogens (tertiary/aromatic N) is 2. The maximum absolute atomic E-state index is 12.3. The minimum absolute atomic E-state index is 0.114. The van der Waals surface area contributed by atoms with Crippen LogP contribution in [0.25, 0.3) is 0 Å². The zero-order valence-corrected chi connectivity index (χ0v) is 22.0. The van der Waals surface area contributed by atoms with Crippen LogP contribution in [0.3, 0.4) is 0 Å². The topological polar surface area (TPSA) is 52.7 Å². The van der Waals surface area contributed by atoms with Gasteiger partial charge in [-0.05, 0) is 37.1 Å². The number of unbranched alkanes of at least 4 members (excludes halogenated alkanes) is 11. The average molecular weight is 472 g/mol. The van der Waals surface area contributed by atoms with Crippen LogP contribution in [0.15, 0.2) is 24.3 Å². The summed E-state index contributed by atoms with van der Waals surface area (Å²) in [5, 5.41) is 3.04. The van der Waals surface area contributed by atoms with Crippen LogP contribution in [0, 0.1) is 0 Å². The van der Waals surface area contributed by atoms with E-state index < -0.39 is 0 Å². The number of anilines is 2. The molecule has 1 aromatic rings. The molecule has 0 saturated carbocycles. The van der Waals surface area contributed by atoms with Crippen LogP contribution in [0.2, 0.25) is 0 Å². The Morgan fingerprint density at radius 1 is 0.676 bits per heavy atom. The number of carbonyl (C=O) groups is 2. The molecule has 1 saturated heterocycles. The molecule has 1 heterocycles. The summed E-state index contributed by atoms with van der Waals surface area (Å²) in [5.74, 6) is 0.403. The van der Waals surface area contributed by atoms with E-state index in [1.165, 1.54) is 57.8 Å². The Labute approximate surface area is 208 Å². The van der Waals surface area contributed by atoms with Crippen molar-refractivity contribution < 1.29 is 9.59 Å². The third-order valence-corrected chi connectivity index (χ3v) is 6.90. The number of nitrogens with one attached hydrogen (secondary N) is 1. The second-order valence-corrected chi connectivity index (χ2v) is 9.85. The highest BCUT2D eigenvalue weighted by Gasteiger charge is 2.20. The highest BCUT2D eigenvalue weighted by atomic mass is 16.2. The highest BCUT2D eigenvalue weighted by Crippen LogP contribution is 2.20. The van der Waals surface area contributed by atoms with Crippen LogP contribution >= 0.6 is 0 Å². The van der Waals surface area contributed by atoms with Crippen molar-refractivity contribution in [1.29, 1.82) is 0 Å². The van der Waals surface area contributed by atoms with E-state index in [0.29, 0.717) is 12.8 Å². The fourth-order valence-electron chi connectivity index (χ4n) is 4.63. The van der Waals surface area contributed by atoms with Gasteiger partial charge in [0.1, 0.15) is 0 Å². The molecular weight excluding hydrogens is 422 g/mol. The van der Waals surface area contributed by atoms with Crippen molar-refractivity contribution in [1.82, 2.24) is 4.90 Å². The largest absolute Gasteiger partial charge is 0.368 e. The number of amides is 2. The Hall–Kier alpha value is -2.04. The molecule has 2 rings (SSSR count). The van der Waals surface area contributed by atoms with Gasteiger partial charge in [-0.1, -0.05) is 84.5 Å². The third-order valence-electron chi connectivity index (χ3n) is 6.90. The molecule has 0 aliphatic carbocycles. The molecule has 1 aromatic carbocycles. The van der Waals surface area contributed by atoms with Crippen molar-refractivity contribution >= 4 is 23.2 Å². The Balaban J connectivity index is 1.55.